The van der Waals surface area contributed by atoms with Crippen molar-refractivity contribution in [2.45, 2.75) is 31.6 Å². The molecule has 0 spiro atoms. The van der Waals surface area contributed by atoms with Crippen LogP contribution in [-0.2, 0) is 23.6 Å². The molecule has 0 bridgehead atoms. The van der Waals surface area contributed by atoms with E-state index >= 15 is 0 Å². The van der Waals surface area contributed by atoms with E-state index in [2.05, 4.69) is 15.1 Å². The molecule has 1 aliphatic heterocycles. The van der Waals surface area contributed by atoms with Crippen LogP contribution in [0.25, 0.3) is 0 Å². The van der Waals surface area contributed by atoms with Gasteiger partial charge in [-0.25, -0.2) is 15.1 Å². The summed E-state index contributed by atoms with van der Waals surface area (Å²) in [7, 11) is 0. The number of hydrogen-bond acceptors (Lipinski definition) is 6. The fraction of sp³-hybridized carbons (Fsp3) is 0.500. The van der Waals surface area contributed by atoms with E-state index in [-0.39, 0.29) is 36.8 Å². The molecule has 0 radical (unpaired) electrons. The number of amides is 1. The number of nitrogens with zero attached hydrogens (tertiary/aromatic N) is 5. The quantitative estimate of drug-likeness (QED) is 0.683. The molecule has 0 atom stereocenters. The molecule has 0 saturated carbocycles. The number of nitrogens with one attached hydrogen (secondary N) is 1. The predicted octanol–water partition coefficient (Wildman–Crippen LogP) is 2.27. The Hall–Kier alpha value is -3.19. The van der Waals surface area contributed by atoms with Crippen LogP contribution in [0.5, 0.6) is 0 Å². The van der Waals surface area contributed by atoms with Gasteiger partial charge in [-0.2, -0.15) is 31.4 Å². The number of alkyl halides is 6. The number of carbonyl (C=O) groups excluding carboxylic acids is 1. The number of aromatic amines is 1. The molecule has 1 fully saturated rings. The van der Waals surface area contributed by atoms with Gasteiger partial charge in [0.05, 0.1) is 11.3 Å². The highest BCUT2D eigenvalue weighted by atomic mass is 19.4. The van der Waals surface area contributed by atoms with Crippen LogP contribution in [0.1, 0.15) is 29.7 Å². The highest BCUT2D eigenvalue weighted by Gasteiger charge is 2.34. The van der Waals surface area contributed by atoms with E-state index in [4.69, 9.17) is 0 Å². The van der Waals surface area contributed by atoms with Crippen molar-refractivity contribution in [3.63, 3.8) is 0 Å². The number of rotatable bonds is 5. The van der Waals surface area contributed by atoms with Gasteiger partial charge in [-0.15, -0.1) is 0 Å². The largest absolute Gasteiger partial charge is 0.421 e. The third kappa shape index (κ3) is 5.73. The SMILES string of the molecule is O=C(CCCc1cc(C(F)(F)F)c(=O)[nH]n1)N1CCN(c2ncc(C(F)(F)F)cn2)CC1. The van der Waals surface area contributed by atoms with Gasteiger partial charge in [-0.1, -0.05) is 0 Å². The van der Waals surface area contributed by atoms with Gasteiger partial charge >= 0.3 is 12.4 Å². The standard InChI is InChI=1S/C18H18F6N6O2/c19-17(20,21)11-9-25-16(26-10-11)30-6-4-29(5-7-30)14(31)3-1-2-12-8-13(18(22,23)24)15(32)28-27-12/h8-10H,1-7H2,(H,28,32). The Balaban J connectivity index is 1.47. The van der Waals surface area contributed by atoms with E-state index in [0.717, 1.165) is 0 Å². The fourth-order valence-corrected chi connectivity index (χ4v) is 3.15. The molecule has 1 amide bonds. The number of halogens is 6. The van der Waals surface area contributed by atoms with Gasteiger partial charge in [0.25, 0.3) is 5.56 Å². The summed E-state index contributed by atoms with van der Waals surface area (Å²) in [6.07, 6.45) is -7.54. The van der Waals surface area contributed by atoms with Gasteiger partial charge in [0.15, 0.2) is 0 Å². The Bertz CT molecular complexity index is 997. The lowest BCUT2D eigenvalue weighted by Gasteiger charge is -2.34. The Morgan fingerprint density at radius 3 is 2.19 bits per heavy atom. The van der Waals surface area contributed by atoms with Crippen molar-refractivity contribution in [2.24, 2.45) is 0 Å². The van der Waals surface area contributed by atoms with Crippen molar-refractivity contribution in [1.29, 1.82) is 0 Å². The second-order valence-electron chi connectivity index (χ2n) is 7.09. The molecule has 14 heteroatoms. The highest BCUT2D eigenvalue weighted by molar-refractivity contribution is 5.76. The van der Waals surface area contributed by atoms with E-state index < -0.39 is 29.0 Å². The minimum atomic E-state index is -4.79. The van der Waals surface area contributed by atoms with Crippen molar-refractivity contribution in [2.75, 3.05) is 31.1 Å². The van der Waals surface area contributed by atoms with Crippen molar-refractivity contribution in [3.8, 4) is 0 Å². The van der Waals surface area contributed by atoms with Crippen molar-refractivity contribution in [1.82, 2.24) is 25.1 Å². The first-order valence-corrected chi connectivity index (χ1v) is 9.53. The Kier molecular flexibility index (Phi) is 6.69. The average Bonchev–Trinajstić information content (AvgIpc) is 2.73. The van der Waals surface area contributed by atoms with Crippen molar-refractivity contribution >= 4 is 11.9 Å². The topological polar surface area (TPSA) is 95.1 Å². The van der Waals surface area contributed by atoms with Gasteiger partial charge in [-0.05, 0) is 18.9 Å². The molecule has 8 nitrogen and oxygen atoms in total. The number of hydrogen-bond donors (Lipinski definition) is 1. The summed E-state index contributed by atoms with van der Waals surface area (Å²) < 4.78 is 76.1. The predicted molar refractivity (Wildman–Crippen MR) is 98.6 cm³/mol. The molecule has 3 heterocycles. The molecule has 174 valence electrons. The normalized spacial score (nSPS) is 15.2. The van der Waals surface area contributed by atoms with Crippen LogP contribution >= 0.6 is 0 Å². The summed E-state index contributed by atoms with van der Waals surface area (Å²) in [5.41, 5.74) is -3.59. The zero-order chi connectivity index (χ0) is 23.5. The lowest BCUT2D eigenvalue weighted by atomic mass is 10.1. The number of piperazine rings is 1. The lowest BCUT2D eigenvalue weighted by molar-refractivity contribution is -0.139. The van der Waals surface area contributed by atoms with E-state index in [0.29, 0.717) is 44.6 Å². The lowest BCUT2D eigenvalue weighted by Crippen LogP contribution is -2.49. The first kappa shape index (κ1) is 23.5. The molecule has 2 aromatic rings. The maximum atomic E-state index is 12.8. The molecule has 0 aromatic carbocycles. The van der Waals surface area contributed by atoms with Gasteiger partial charge in [-0.3, -0.25) is 9.59 Å². The Morgan fingerprint density at radius 2 is 1.62 bits per heavy atom. The summed E-state index contributed by atoms with van der Waals surface area (Å²) >= 11 is 0. The Morgan fingerprint density at radius 1 is 1.00 bits per heavy atom. The summed E-state index contributed by atoms with van der Waals surface area (Å²) in [5.74, 6) is -0.0758. The van der Waals surface area contributed by atoms with Gasteiger partial charge < -0.3 is 9.80 Å². The smallest absolute Gasteiger partial charge is 0.339 e. The molecule has 1 aliphatic rings. The van der Waals surface area contributed by atoms with Gasteiger partial charge in [0, 0.05) is 45.0 Å². The second-order valence-corrected chi connectivity index (χ2v) is 7.09. The van der Waals surface area contributed by atoms with E-state index in [1.165, 1.54) is 0 Å². The minimum Gasteiger partial charge on any atom is -0.339 e. The van der Waals surface area contributed by atoms with Crippen LogP contribution in [0.4, 0.5) is 32.3 Å². The zero-order valence-electron chi connectivity index (χ0n) is 16.5. The van der Waals surface area contributed by atoms with Crippen LogP contribution in [-0.4, -0.2) is 57.2 Å². The monoisotopic (exact) mass is 464 g/mol. The van der Waals surface area contributed by atoms with Crippen LogP contribution in [0.2, 0.25) is 0 Å². The molecule has 0 aliphatic carbocycles. The zero-order valence-corrected chi connectivity index (χ0v) is 16.5. The summed E-state index contributed by atoms with van der Waals surface area (Å²) in [6, 6.07) is 0.673. The molecule has 3 rings (SSSR count). The van der Waals surface area contributed by atoms with Crippen LogP contribution in [0.3, 0.4) is 0 Å². The van der Waals surface area contributed by atoms with Gasteiger partial charge in [0.1, 0.15) is 5.56 Å². The maximum Gasteiger partial charge on any atom is 0.421 e. The van der Waals surface area contributed by atoms with E-state index in [9.17, 15) is 35.9 Å². The average molecular weight is 464 g/mol. The number of carbonyl (C=O) groups is 1. The molecule has 32 heavy (non-hydrogen) atoms. The van der Waals surface area contributed by atoms with Crippen molar-refractivity contribution in [3.05, 3.63) is 45.6 Å². The van der Waals surface area contributed by atoms with Crippen molar-refractivity contribution < 1.29 is 31.1 Å². The maximum absolute atomic E-state index is 12.8. The third-order valence-corrected chi connectivity index (χ3v) is 4.87. The molecule has 0 unspecified atom stereocenters. The number of H-pyrrole nitrogens is 1. The molecule has 1 saturated heterocycles. The van der Waals surface area contributed by atoms with Gasteiger partial charge in [0.2, 0.25) is 11.9 Å². The molecular weight excluding hydrogens is 446 g/mol. The second kappa shape index (κ2) is 9.12. The number of aromatic nitrogens is 4. The van der Waals surface area contributed by atoms with Crippen LogP contribution < -0.4 is 10.5 Å². The first-order valence-electron chi connectivity index (χ1n) is 9.53. The van der Waals surface area contributed by atoms with E-state index in [1.807, 2.05) is 5.10 Å². The number of aryl methyl sites for hydroxylation is 1. The minimum absolute atomic E-state index is 0.0222. The summed E-state index contributed by atoms with van der Waals surface area (Å²) in [5, 5.41) is 5.38. The highest BCUT2D eigenvalue weighted by Crippen LogP contribution is 2.28. The van der Waals surface area contributed by atoms with Crippen LogP contribution in [0, 0.1) is 0 Å². The van der Waals surface area contributed by atoms with E-state index in [1.54, 1.807) is 9.80 Å². The fourth-order valence-electron chi connectivity index (χ4n) is 3.15. The summed E-state index contributed by atoms with van der Waals surface area (Å²) in [6.45, 7) is 1.26. The Labute approximate surface area is 177 Å². The molecular formula is C18H18F6N6O2. The summed E-state index contributed by atoms with van der Waals surface area (Å²) in [4.78, 5) is 34.3. The first-order chi connectivity index (χ1) is 14.9. The molecule has 2 aromatic heterocycles. The molecule has 1 N–H and O–H groups in total. The number of anilines is 1. The van der Waals surface area contributed by atoms with Crippen LogP contribution in [0.15, 0.2) is 23.3 Å². The third-order valence-electron chi connectivity index (χ3n) is 4.87.